The number of nitrogens with one attached hydrogen (secondary N) is 1. The molecule has 0 radical (unpaired) electrons. The molecule has 1 N–H and O–H groups in total. The zero-order valence-corrected chi connectivity index (χ0v) is 15.4. The Morgan fingerprint density at radius 3 is 2.67 bits per heavy atom. The van der Waals surface area contributed by atoms with Gasteiger partial charge < -0.3 is 5.32 Å². The van der Waals surface area contributed by atoms with Gasteiger partial charge in [-0.2, -0.15) is 5.26 Å². The van der Waals surface area contributed by atoms with Gasteiger partial charge in [0.05, 0.1) is 11.5 Å². The molecule has 0 saturated heterocycles. The molecule has 0 aliphatic heterocycles. The summed E-state index contributed by atoms with van der Waals surface area (Å²) >= 11 is 1.51. The molecule has 1 amide bonds. The third kappa shape index (κ3) is 4.42. The van der Waals surface area contributed by atoms with Gasteiger partial charge in [0.25, 0.3) is 0 Å². The van der Waals surface area contributed by atoms with Gasteiger partial charge in [-0.1, -0.05) is 50.1 Å². The number of amides is 1. The maximum absolute atomic E-state index is 12.9. The van der Waals surface area contributed by atoms with Gasteiger partial charge in [-0.05, 0) is 49.3 Å². The Morgan fingerprint density at radius 2 is 2.12 bits per heavy atom. The first-order valence-corrected chi connectivity index (χ1v) is 9.63. The number of hydrogen-bond donors (Lipinski definition) is 1. The van der Waals surface area contributed by atoms with Gasteiger partial charge in [0.15, 0.2) is 0 Å². The monoisotopic (exact) mass is 342 g/mol. The molecule has 0 bridgehead atoms. The second kappa shape index (κ2) is 8.94. The number of nitrogens with zero attached hydrogens (tertiary/aromatic N) is 1. The molecule has 128 valence electrons. The highest BCUT2D eigenvalue weighted by Crippen LogP contribution is 2.44. The van der Waals surface area contributed by atoms with E-state index in [1.807, 2.05) is 18.2 Å². The van der Waals surface area contributed by atoms with Crippen molar-refractivity contribution in [2.75, 3.05) is 0 Å². The molecule has 0 heterocycles. The molecule has 1 aliphatic rings. The van der Waals surface area contributed by atoms with Crippen molar-refractivity contribution in [3.63, 3.8) is 0 Å². The minimum Gasteiger partial charge on any atom is -0.353 e. The van der Waals surface area contributed by atoms with E-state index in [0.29, 0.717) is 0 Å². The van der Waals surface area contributed by atoms with Gasteiger partial charge in [-0.3, -0.25) is 4.79 Å². The number of carbonyl (C=O) groups excluding carboxylic acids is 1. The van der Waals surface area contributed by atoms with Gasteiger partial charge in [-0.15, -0.1) is 0 Å². The predicted octanol–water partition coefficient (Wildman–Crippen LogP) is 4.93. The quantitative estimate of drug-likeness (QED) is 0.538. The number of allylic oxidation sites excluding steroid dienone is 1. The van der Waals surface area contributed by atoms with Crippen LogP contribution in [0, 0.1) is 11.3 Å². The molecule has 24 heavy (non-hydrogen) atoms. The van der Waals surface area contributed by atoms with E-state index < -0.39 is 0 Å². The normalized spacial score (nSPS) is 17.0. The van der Waals surface area contributed by atoms with Crippen LogP contribution in [0.25, 0.3) is 0 Å². The van der Waals surface area contributed by atoms with Gasteiger partial charge in [-0.25, -0.2) is 0 Å². The molecule has 4 heteroatoms. The van der Waals surface area contributed by atoms with Crippen LogP contribution in [0.5, 0.6) is 0 Å². The van der Waals surface area contributed by atoms with Crippen LogP contribution in [0.3, 0.4) is 0 Å². The Morgan fingerprint density at radius 1 is 1.42 bits per heavy atom. The van der Waals surface area contributed by atoms with Crippen LogP contribution in [-0.2, 0) is 10.2 Å². The Balaban J connectivity index is 2.05. The molecule has 1 unspecified atom stereocenters. The van der Waals surface area contributed by atoms with E-state index in [1.54, 1.807) is 5.41 Å². The average Bonchev–Trinajstić information content (AvgIpc) is 2.53. The highest BCUT2D eigenvalue weighted by molar-refractivity contribution is 8.02. The summed E-state index contributed by atoms with van der Waals surface area (Å²) in [6.45, 7) is 4.27. The highest BCUT2D eigenvalue weighted by Gasteiger charge is 2.45. The predicted molar refractivity (Wildman–Crippen MR) is 99.7 cm³/mol. The fourth-order valence-electron chi connectivity index (χ4n) is 3.12. The Kier molecular flexibility index (Phi) is 6.93. The summed E-state index contributed by atoms with van der Waals surface area (Å²) in [6.07, 6.45) is 7.79. The smallest absolute Gasteiger partial charge is 0.230 e. The van der Waals surface area contributed by atoms with E-state index in [0.717, 1.165) is 49.0 Å². The van der Waals surface area contributed by atoms with Crippen molar-refractivity contribution in [1.82, 2.24) is 5.32 Å². The molecule has 0 spiro atoms. The van der Waals surface area contributed by atoms with Crippen LogP contribution < -0.4 is 5.32 Å². The summed E-state index contributed by atoms with van der Waals surface area (Å²) in [4.78, 5) is 13.9. The standard InChI is InChI=1S/C20H26N2OS/c1-3-4-7-16(2)22-19(23)20(12-5-13-20)17-8-10-18(11-9-17)24-15-6-14-21/h6,8-11,15-16H,3-5,7,12-13H2,1-2H3,(H,22,23). The second-order valence-corrected chi connectivity index (χ2v) is 7.51. The van der Waals surface area contributed by atoms with Crippen LogP contribution in [0.2, 0.25) is 0 Å². The molecule has 2 rings (SSSR count). The van der Waals surface area contributed by atoms with Crippen LogP contribution in [0.4, 0.5) is 0 Å². The molecule has 1 aromatic rings. The summed E-state index contributed by atoms with van der Waals surface area (Å²) < 4.78 is 0. The largest absolute Gasteiger partial charge is 0.353 e. The SMILES string of the molecule is CCCCC(C)NC(=O)C1(c2ccc(SC=CC#N)cc2)CCC1. The third-order valence-corrected chi connectivity index (χ3v) is 5.58. The van der Waals surface area contributed by atoms with Gasteiger partial charge in [0.1, 0.15) is 0 Å². The van der Waals surface area contributed by atoms with Crippen LogP contribution in [-0.4, -0.2) is 11.9 Å². The Bertz CT molecular complexity index is 612. The summed E-state index contributed by atoms with van der Waals surface area (Å²) in [6, 6.07) is 10.4. The number of unbranched alkanes of at least 4 members (excludes halogenated alkanes) is 1. The average molecular weight is 343 g/mol. The zero-order chi connectivity index (χ0) is 17.4. The molecule has 3 nitrogen and oxygen atoms in total. The molecule has 1 saturated carbocycles. The third-order valence-electron chi connectivity index (χ3n) is 4.76. The van der Waals surface area contributed by atoms with Crippen molar-refractivity contribution in [2.24, 2.45) is 0 Å². The lowest BCUT2D eigenvalue weighted by molar-refractivity contribution is -0.130. The maximum Gasteiger partial charge on any atom is 0.230 e. The summed E-state index contributed by atoms with van der Waals surface area (Å²) in [7, 11) is 0. The minimum atomic E-state index is -0.341. The Labute approximate surface area is 149 Å². The van der Waals surface area contributed by atoms with Gasteiger partial charge >= 0.3 is 0 Å². The van der Waals surface area contributed by atoms with Gasteiger partial charge in [0, 0.05) is 17.0 Å². The molecule has 1 aliphatic carbocycles. The van der Waals surface area contributed by atoms with Crippen molar-refractivity contribution < 1.29 is 4.79 Å². The van der Waals surface area contributed by atoms with Crippen molar-refractivity contribution >= 4 is 17.7 Å². The van der Waals surface area contributed by atoms with Crippen molar-refractivity contribution in [2.45, 2.75) is 68.7 Å². The number of benzene rings is 1. The van der Waals surface area contributed by atoms with Crippen molar-refractivity contribution in [3.05, 3.63) is 41.3 Å². The fraction of sp³-hybridized carbons (Fsp3) is 0.500. The molecular weight excluding hydrogens is 316 g/mol. The summed E-state index contributed by atoms with van der Waals surface area (Å²) in [5.41, 5.74) is 0.772. The molecule has 1 atom stereocenters. The number of carbonyl (C=O) groups is 1. The first-order chi connectivity index (χ1) is 11.6. The van der Waals surface area contributed by atoms with E-state index in [9.17, 15) is 4.79 Å². The minimum absolute atomic E-state index is 0.183. The van der Waals surface area contributed by atoms with Crippen molar-refractivity contribution in [1.29, 1.82) is 5.26 Å². The lowest BCUT2D eigenvalue weighted by Gasteiger charge is -2.41. The topological polar surface area (TPSA) is 52.9 Å². The number of nitriles is 1. The zero-order valence-electron chi connectivity index (χ0n) is 14.5. The summed E-state index contributed by atoms with van der Waals surface area (Å²) in [5.74, 6) is 0.183. The van der Waals surface area contributed by atoms with E-state index >= 15 is 0 Å². The molecular formula is C20H26N2OS. The fourth-order valence-corrected chi connectivity index (χ4v) is 3.70. The number of rotatable bonds is 8. The lowest BCUT2D eigenvalue weighted by Crippen LogP contribution is -2.51. The van der Waals surface area contributed by atoms with Crippen LogP contribution >= 0.6 is 11.8 Å². The highest BCUT2D eigenvalue weighted by atomic mass is 32.2. The van der Waals surface area contributed by atoms with E-state index in [-0.39, 0.29) is 17.4 Å². The molecule has 1 aromatic carbocycles. The summed E-state index contributed by atoms with van der Waals surface area (Å²) in [5, 5.41) is 13.5. The molecule has 1 fully saturated rings. The van der Waals surface area contributed by atoms with E-state index in [4.69, 9.17) is 5.26 Å². The lowest BCUT2D eigenvalue weighted by atomic mass is 9.63. The van der Waals surface area contributed by atoms with E-state index in [2.05, 4.69) is 31.3 Å². The second-order valence-electron chi connectivity index (χ2n) is 6.53. The Hall–Kier alpha value is -1.73. The first kappa shape index (κ1) is 18.6. The van der Waals surface area contributed by atoms with Crippen LogP contribution in [0.1, 0.15) is 57.9 Å². The first-order valence-electron chi connectivity index (χ1n) is 8.75. The van der Waals surface area contributed by atoms with Crippen LogP contribution in [0.15, 0.2) is 40.6 Å². The molecule has 0 aromatic heterocycles. The van der Waals surface area contributed by atoms with Gasteiger partial charge in [0.2, 0.25) is 5.91 Å². The number of thioether (sulfide) groups is 1. The van der Waals surface area contributed by atoms with Crippen molar-refractivity contribution in [3.8, 4) is 6.07 Å². The maximum atomic E-state index is 12.9. The number of hydrogen-bond acceptors (Lipinski definition) is 3. The van der Waals surface area contributed by atoms with E-state index in [1.165, 1.54) is 17.8 Å².